The number of ether oxygens (including phenoxy) is 4. The zero-order valence-corrected chi connectivity index (χ0v) is 28.5. The van der Waals surface area contributed by atoms with E-state index in [1.807, 2.05) is 33.8 Å². The lowest BCUT2D eigenvalue weighted by Gasteiger charge is -2.68. The molecule has 5 aliphatic rings. The van der Waals surface area contributed by atoms with Gasteiger partial charge in [-0.15, -0.1) is 6.58 Å². The molecule has 2 heterocycles. The van der Waals surface area contributed by atoms with Gasteiger partial charge in [0, 0.05) is 36.0 Å². The number of carbonyl (C=O) groups is 2. The monoisotopic (exact) mass is 616 g/mol. The highest BCUT2D eigenvalue weighted by Gasteiger charge is 2.77. The number of rotatable bonds is 8. The van der Waals surface area contributed by atoms with Crippen molar-refractivity contribution in [2.75, 3.05) is 6.61 Å². The highest BCUT2D eigenvalue weighted by atomic mass is 16.6. The molecule has 0 amide bonds. The van der Waals surface area contributed by atoms with E-state index in [4.69, 9.17) is 18.9 Å². The Morgan fingerprint density at radius 1 is 1.20 bits per heavy atom. The Hall–Kier alpha value is -1.74. The van der Waals surface area contributed by atoms with Gasteiger partial charge in [0.2, 0.25) is 0 Å². The molecule has 8 nitrogen and oxygen atoms in total. The van der Waals surface area contributed by atoms with Crippen molar-refractivity contribution in [2.24, 2.45) is 46.3 Å². The molecule has 4 fully saturated rings. The normalized spacial score (nSPS) is 44.4. The molecule has 0 spiro atoms. The number of hydrogen-bond acceptors (Lipinski definition) is 8. The van der Waals surface area contributed by atoms with Crippen LogP contribution in [0.25, 0.3) is 0 Å². The van der Waals surface area contributed by atoms with E-state index in [2.05, 4.69) is 41.2 Å². The summed E-state index contributed by atoms with van der Waals surface area (Å²) in [6.07, 6.45) is 2.05. The Balaban J connectivity index is 1.67. The molecule has 248 valence electrons. The Morgan fingerprint density at radius 3 is 2.39 bits per heavy atom. The Morgan fingerprint density at radius 2 is 1.86 bits per heavy atom. The molecule has 0 aromatic rings. The maximum absolute atomic E-state index is 13.4. The van der Waals surface area contributed by atoms with Crippen molar-refractivity contribution in [3.8, 4) is 0 Å². The third-order valence-corrected chi connectivity index (χ3v) is 12.7. The lowest BCUT2D eigenvalue weighted by atomic mass is 9.44. The van der Waals surface area contributed by atoms with E-state index in [-0.39, 0.29) is 53.9 Å². The first kappa shape index (κ1) is 33.6. The minimum absolute atomic E-state index is 0.135. The summed E-state index contributed by atoms with van der Waals surface area (Å²) in [7, 11) is 0. The molecule has 0 bridgehead atoms. The molecule has 2 aliphatic heterocycles. The maximum atomic E-state index is 13.4. The van der Waals surface area contributed by atoms with Gasteiger partial charge in [0.1, 0.15) is 12.2 Å². The molecule has 2 unspecified atom stereocenters. The van der Waals surface area contributed by atoms with Crippen molar-refractivity contribution in [3.05, 3.63) is 23.8 Å². The molecule has 44 heavy (non-hydrogen) atoms. The van der Waals surface area contributed by atoms with Crippen molar-refractivity contribution in [1.29, 1.82) is 0 Å². The maximum Gasteiger partial charge on any atom is 0.335 e. The summed E-state index contributed by atoms with van der Waals surface area (Å²) in [6, 6.07) is 0. The zero-order chi connectivity index (χ0) is 32.7. The number of hydrogen-bond donors (Lipinski definition) is 2. The van der Waals surface area contributed by atoms with Crippen molar-refractivity contribution < 1.29 is 38.7 Å². The average molecular weight is 617 g/mol. The lowest BCUT2D eigenvalue weighted by Crippen LogP contribution is -2.77. The van der Waals surface area contributed by atoms with Crippen LogP contribution in [0.2, 0.25) is 0 Å². The third kappa shape index (κ3) is 4.67. The minimum atomic E-state index is -1.23. The van der Waals surface area contributed by atoms with Gasteiger partial charge in [0.25, 0.3) is 0 Å². The Bertz CT molecular complexity index is 1200. The first-order chi connectivity index (χ1) is 20.4. The summed E-state index contributed by atoms with van der Waals surface area (Å²) >= 11 is 0. The van der Waals surface area contributed by atoms with Gasteiger partial charge in [-0.25, -0.2) is 4.79 Å². The van der Waals surface area contributed by atoms with Gasteiger partial charge >= 0.3 is 11.9 Å². The molecular formula is C36H56O8. The molecule has 3 aliphatic carbocycles. The third-order valence-electron chi connectivity index (χ3n) is 12.7. The van der Waals surface area contributed by atoms with Crippen LogP contribution in [0.4, 0.5) is 0 Å². The summed E-state index contributed by atoms with van der Waals surface area (Å²) in [4.78, 5) is 26.1. The van der Waals surface area contributed by atoms with E-state index in [1.165, 1.54) is 6.92 Å². The fourth-order valence-corrected chi connectivity index (χ4v) is 11.1. The van der Waals surface area contributed by atoms with Crippen LogP contribution in [0.3, 0.4) is 0 Å². The first-order valence-corrected chi connectivity index (χ1v) is 16.8. The van der Waals surface area contributed by atoms with Crippen LogP contribution in [-0.2, 0) is 28.5 Å². The van der Waals surface area contributed by atoms with Gasteiger partial charge in [0.05, 0.1) is 24.4 Å². The summed E-state index contributed by atoms with van der Waals surface area (Å²) in [5.41, 5.74) is -1.33. The van der Waals surface area contributed by atoms with E-state index < -0.39 is 40.2 Å². The van der Waals surface area contributed by atoms with Crippen LogP contribution in [0.1, 0.15) is 94.9 Å². The van der Waals surface area contributed by atoms with Crippen LogP contribution in [-0.4, -0.2) is 70.5 Å². The summed E-state index contributed by atoms with van der Waals surface area (Å²) < 4.78 is 25.7. The van der Waals surface area contributed by atoms with Crippen molar-refractivity contribution in [2.45, 2.75) is 137 Å². The highest BCUT2D eigenvalue weighted by molar-refractivity contribution is 5.75. The Kier molecular flexibility index (Phi) is 8.56. The Labute approximate surface area is 263 Å². The van der Waals surface area contributed by atoms with Crippen LogP contribution in [0, 0.1) is 46.3 Å². The topological polar surface area (TPSA) is 112 Å². The minimum Gasteiger partial charge on any atom is -0.456 e. The molecule has 0 aromatic heterocycles. The smallest absolute Gasteiger partial charge is 0.335 e. The largest absolute Gasteiger partial charge is 0.456 e. The molecule has 2 N–H and O–H groups in total. The summed E-state index contributed by atoms with van der Waals surface area (Å²) in [5, 5.41) is 23.2. The van der Waals surface area contributed by atoms with Gasteiger partial charge < -0.3 is 29.2 Å². The summed E-state index contributed by atoms with van der Waals surface area (Å²) in [5.74, 6) is -1.17. The molecule has 0 aromatic carbocycles. The SMILES string of the molecule is C=CC1C[C@H]2C[C@H]3OC[C@@]3(OC(C)=O)[C@H]3[C@H](C)[C@]4(C(C)(C)O)C[C@H](OC(=O)C(O)[C@@H](C)CC(C)C)C(C)=C4[C@H](C)[C@H](O1)[C@]23C. The van der Waals surface area contributed by atoms with Gasteiger partial charge in [-0.2, -0.15) is 0 Å². The molecule has 13 atom stereocenters. The lowest BCUT2D eigenvalue weighted by molar-refractivity contribution is -0.351. The van der Waals surface area contributed by atoms with Crippen molar-refractivity contribution in [1.82, 2.24) is 0 Å². The molecular weight excluding hydrogens is 560 g/mol. The van der Waals surface area contributed by atoms with E-state index >= 15 is 0 Å². The van der Waals surface area contributed by atoms with Crippen LogP contribution in [0.15, 0.2) is 23.8 Å². The van der Waals surface area contributed by atoms with E-state index in [0.29, 0.717) is 25.4 Å². The number of aliphatic hydroxyl groups excluding tert-OH is 1. The fraction of sp³-hybridized carbons (Fsp3) is 0.833. The molecule has 8 heteroatoms. The number of carbonyl (C=O) groups excluding carboxylic acids is 2. The standard InChI is InChI=1S/C36H56O8/c1-12-25-14-24-15-27-36(17-41-27,44-23(8)37)30-22(7)35(33(9,10)40)16-26(43-32(39)29(38)19(4)13-18(2)3)20(5)28(35)21(6)31(42-25)34(24,30)11/h12,18-19,21-22,24-27,29-31,38,40H,1,13-17H2,2-11H3/t19-,21-,22-,24-,25?,26-,27+,29?,30-,31-,34+,35+,36-/m0/s1. The van der Waals surface area contributed by atoms with Crippen molar-refractivity contribution in [3.63, 3.8) is 0 Å². The van der Waals surface area contributed by atoms with E-state index in [9.17, 15) is 19.8 Å². The second-order valence-electron chi connectivity index (χ2n) is 16.1. The number of fused-ring (bicyclic) bond motifs is 3. The predicted octanol–water partition coefficient (Wildman–Crippen LogP) is 5.39. The molecule has 5 rings (SSSR count). The van der Waals surface area contributed by atoms with Crippen LogP contribution in [0.5, 0.6) is 0 Å². The average Bonchev–Trinajstić information content (AvgIpc) is 3.18. The second-order valence-corrected chi connectivity index (χ2v) is 16.1. The van der Waals surface area contributed by atoms with Gasteiger partial charge in [0.15, 0.2) is 11.7 Å². The van der Waals surface area contributed by atoms with Gasteiger partial charge in [-0.3, -0.25) is 4.79 Å². The summed E-state index contributed by atoms with van der Waals surface area (Å²) in [6.45, 7) is 24.2. The van der Waals surface area contributed by atoms with Crippen molar-refractivity contribution >= 4 is 11.9 Å². The molecule has 2 saturated heterocycles. The number of esters is 2. The quantitative estimate of drug-likeness (QED) is 0.276. The highest BCUT2D eigenvalue weighted by Crippen LogP contribution is 2.73. The van der Waals surface area contributed by atoms with Crippen LogP contribution >= 0.6 is 0 Å². The second kappa shape index (κ2) is 11.2. The van der Waals surface area contributed by atoms with Crippen LogP contribution < -0.4 is 0 Å². The molecule has 2 saturated carbocycles. The van der Waals surface area contributed by atoms with E-state index in [1.54, 1.807) is 0 Å². The number of aliphatic hydroxyl groups is 2. The van der Waals surface area contributed by atoms with Gasteiger partial charge in [-0.1, -0.05) is 53.2 Å². The zero-order valence-electron chi connectivity index (χ0n) is 28.5. The van der Waals surface area contributed by atoms with Gasteiger partial charge in [-0.05, 0) is 69.3 Å². The predicted molar refractivity (Wildman–Crippen MR) is 166 cm³/mol. The molecule has 0 radical (unpaired) electrons. The fourth-order valence-electron chi connectivity index (χ4n) is 11.1. The first-order valence-electron chi connectivity index (χ1n) is 16.8. The van der Waals surface area contributed by atoms with E-state index in [0.717, 1.165) is 24.0 Å².